The van der Waals surface area contributed by atoms with E-state index in [1.165, 1.54) is 25.7 Å². The van der Waals surface area contributed by atoms with E-state index in [-0.39, 0.29) is 0 Å². The Morgan fingerprint density at radius 2 is 2.10 bits per heavy atom. The molecule has 0 aliphatic heterocycles. The molecular weight excluding hydrogens is 144 g/mol. The molecular formula is C8H16OS. The normalized spacial score (nSPS) is 20.1. The first-order chi connectivity index (χ1) is 4.93. The lowest BCUT2D eigenvalue weighted by Crippen LogP contribution is -2.09. The molecule has 0 saturated heterocycles. The summed E-state index contributed by atoms with van der Waals surface area (Å²) in [5.74, 6) is 1.15. The zero-order valence-electron chi connectivity index (χ0n) is 6.64. The molecule has 1 saturated carbocycles. The number of hydrogen-bond donors (Lipinski definition) is 0. The molecule has 0 aromatic rings. The van der Waals surface area contributed by atoms with Crippen LogP contribution in [0, 0.1) is 0 Å². The third kappa shape index (κ3) is 2.93. The average Bonchev–Trinajstić information content (AvgIpc) is 2.41. The molecule has 1 aliphatic rings. The second kappa shape index (κ2) is 5.03. The monoisotopic (exact) mass is 160 g/mol. The van der Waals surface area contributed by atoms with Crippen molar-refractivity contribution in [2.75, 3.05) is 18.6 Å². The minimum Gasteiger partial charge on any atom is -0.377 e. The molecule has 1 nitrogen and oxygen atoms in total. The summed E-state index contributed by atoms with van der Waals surface area (Å²) in [5.41, 5.74) is 0. The van der Waals surface area contributed by atoms with Gasteiger partial charge < -0.3 is 4.74 Å². The van der Waals surface area contributed by atoms with Gasteiger partial charge in [0.2, 0.25) is 0 Å². The summed E-state index contributed by atoms with van der Waals surface area (Å²) >= 11 is 1.86. The number of ether oxygens (including phenoxy) is 1. The highest BCUT2D eigenvalue weighted by Crippen LogP contribution is 2.20. The van der Waals surface area contributed by atoms with E-state index in [4.69, 9.17) is 4.74 Å². The van der Waals surface area contributed by atoms with Crippen LogP contribution in [0.2, 0.25) is 0 Å². The molecule has 0 bridgehead atoms. The van der Waals surface area contributed by atoms with Crippen LogP contribution in [-0.4, -0.2) is 24.7 Å². The van der Waals surface area contributed by atoms with Crippen molar-refractivity contribution in [3.63, 3.8) is 0 Å². The van der Waals surface area contributed by atoms with Crippen LogP contribution >= 0.6 is 11.8 Å². The van der Waals surface area contributed by atoms with Gasteiger partial charge in [-0.1, -0.05) is 12.8 Å². The van der Waals surface area contributed by atoms with Crippen LogP contribution in [0.4, 0.5) is 0 Å². The highest BCUT2D eigenvalue weighted by atomic mass is 32.2. The number of rotatable bonds is 4. The third-order valence-electron chi connectivity index (χ3n) is 1.94. The zero-order chi connectivity index (χ0) is 7.23. The molecule has 1 aliphatic carbocycles. The quantitative estimate of drug-likeness (QED) is 0.584. The van der Waals surface area contributed by atoms with Gasteiger partial charge in [-0.25, -0.2) is 0 Å². The first-order valence-corrected chi connectivity index (χ1v) is 5.43. The van der Waals surface area contributed by atoms with Gasteiger partial charge in [0.05, 0.1) is 12.7 Å². The summed E-state index contributed by atoms with van der Waals surface area (Å²) in [6.07, 6.45) is 8.08. The van der Waals surface area contributed by atoms with E-state index in [9.17, 15) is 0 Å². The Bertz CT molecular complexity index is 79.3. The molecule has 0 amide bonds. The van der Waals surface area contributed by atoms with Crippen LogP contribution in [0.25, 0.3) is 0 Å². The van der Waals surface area contributed by atoms with Crippen molar-refractivity contribution in [1.82, 2.24) is 0 Å². The minimum absolute atomic E-state index is 0.604. The maximum atomic E-state index is 5.62. The predicted molar refractivity (Wildman–Crippen MR) is 46.6 cm³/mol. The molecule has 1 fully saturated rings. The summed E-state index contributed by atoms with van der Waals surface area (Å²) < 4.78 is 5.62. The van der Waals surface area contributed by atoms with Crippen LogP contribution in [0.3, 0.4) is 0 Å². The van der Waals surface area contributed by atoms with E-state index in [1.54, 1.807) is 0 Å². The van der Waals surface area contributed by atoms with E-state index >= 15 is 0 Å². The van der Waals surface area contributed by atoms with Crippen LogP contribution in [-0.2, 0) is 4.74 Å². The van der Waals surface area contributed by atoms with E-state index < -0.39 is 0 Å². The Kier molecular flexibility index (Phi) is 4.23. The van der Waals surface area contributed by atoms with E-state index in [2.05, 4.69) is 6.26 Å². The van der Waals surface area contributed by atoms with Gasteiger partial charge in [-0.15, -0.1) is 0 Å². The van der Waals surface area contributed by atoms with Crippen molar-refractivity contribution in [1.29, 1.82) is 0 Å². The van der Waals surface area contributed by atoms with E-state index in [0.717, 1.165) is 12.4 Å². The minimum atomic E-state index is 0.604. The maximum Gasteiger partial charge on any atom is 0.0575 e. The fraction of sp³-hybridized carbons (Fsp3) is 1.00. The fourth-order valence-electron chi connectivity index (χ4n) is 1.35. The smallest absolute Gasteiger partial charge is 0.0575 e. The SMILES string of the molecule is CSCCOC1CCCC1. The highest BCUT2D eigenvalue weighted by Gasteiger charge is 2.14. The molecule has 10 heavy (non-hydrogen) atoms. The van der Waals surface area contributed by atoms with Gasteiger partial charge in [0, 0.05) is 5.75 Å². The first kappa shape index (κ1) is 8.41. The topological polar surface area (TPSA) is 9.23 Å². The van der Waals surface area contributed by atoms with Crippen molar-refractivity contribution in [3.05, 3.63) is 0 Å². The second-order valence-electron chi connectivity index (χ2n) is 2.77. The summed E-state index contributed by atoms with van der Waals surface area (Å²) in [7, 11) is 0. The lowest BCUT2D eigenvalue weighted by Gasteiger charge is -2.09. The van der Waals surface area contributed by atoms with Gasteiger partial charge >= 0.3 is 0 Å². The average molecular weight is 160 g/mol. The van der Waals surface area contributed by atoms with Gasteiger partial charge in [-0.2, -0.15) is 11.8 Å². The largest absolute Gasteiger partial charge is 0.377 e. The molecule has 0 heterocycles. The lowest BCUT2D eigenvalue weighted by atomic mass is 10.3. The zero-order valence-corrected chi connectivity index (χ0v) is 7.45. The Morgan fingerprint density at radius 3 is 2.70 bits per heavy atom. The molecule has 2 heteroatoms. The predicted octanol–water partition coefficient (Wildman–Crippen LogP) is 2.31. The Labute approximate surface area is 67.5 Å². The number of thioether (sulfide) groups is 1. The molecule has 0 radical (unpaired) electrons. The van der Waals surface area contributed by atoms with Crippen LogP contribution in [0.1, 0.15) is 25.7 Å². The maximum absolute atomic E-state index is 5.62. The van der Waals surface area contributed by atoms with Gasteiger partial charge in [-0.05, 0) is 19.1 Å². The molecule has 0 atom stereocenters. The summed E-state index contributed by atoms with van der Waals surface area (Å²) in [6, 6.07) is 0. The first-order valence-electron chi connectivity index (χ1n) is 4.04. The van der Waals surface area contributed by atoms with Crippen molar-refractivity contribution < 1.29 is 4.74 Å². The molecule has 0 unspecified atom stereocenters. The van der Waals surface area contributed by atoms with Gasteiger partial charge in [0.25, 0.3) is 0 Å². The summed E-state index contributed by atoms with van der Waals surface area (Å²) in [4.78, 5) is 0. The van der Waals surface area contributed by atoms with Crippen molar-refractivity contribution in [2.24, 2.45) is 0 Å². The van der Waals surface area contributed by atoms with Crippen molar-refractivity contribution in [2.45, 2.75) is 31.8 Å². The van der Waals surface area contributed by atoms with Gasteiger partial charge in [0.1, 0.15) is 0 Å². The Morgan fingerprint density at radius 1 is 1.40 bits per heavy atom. The van der Waals surface area contributed by atoms with E-state index in [1.807, 2.05) is 11.8 Å². The van der Waals surface area contributed by atoms with Gasteiger partial charge in [0.15, 0.2) is 0 Å². The van der Waals surface area contributed by atoms with Crippen molar-refractivity contribution in [3.8, 4) is 0 Å². The highest BCUT2D eigenvalue weighted by molar-refractivity contribution is 7.98. The summed E-state index contributed by atoms with van der Waals surface area (Å²) in [6.45, 7) is 0.950. The molecule has 60 valence electrons. The fourth-order valence-corrected chi connectivity index (χ4v) is 1.62. The molecule has 1 rings (SSSR count). The van der Waals surface area contributed by atoms with E-state index in [0.29, 0.717) is 6.10 Å². The van der Waals surface area contributed by atoms with Crippen LogP contribution < -0.4 is 0 Å². The molecule has 0 aromatic heterocycles. The van der Waals surface area contributed by atoms with Crippen molar-refractivity contribution >= 4 is 11.8 Å². The number of hydrogen-bond acceptors (Lipinski definition) is 2. The standard InChI is InChI=1S/C8H16OS/c1-10-7-6-9-8-4-2-3-5-8/h8H,2-7H2,1H3. The summed E-state index contributed by atoms with van der Waals surface area (Å²) in [5, 5.41) is 0. The lowest BCUT2D eigenvalue weighted by molar-refractivity contribution is 0.0704. The second-order valence-corrected chi connectivity index (χ2v) is 3.76. The third-order valence-corrected chi connectivity index (χ3v) is 2.52. The van der Waals surface area contributed by atoms with Crippen LogP contribution in [0.5, 0.6) is 0 Å². The Balaban J connectivity index is 1.91. The molecule has 0 spiro atoms. The molecule has 0 N–H and O–H groups in total. The van der Waals surface area contributed by atoms with Crippen LogP contribution in [0.15, 0.2) is 0 Å². The molecule has 0 aromatic carbocycles. The Hall–Kier alpha value is 0.310. The van der Waals surface area contributed by atoms with Gasteiger partial charge in [-0.3, -0.25) is 0 Å².